The molecule has 1 heterocycles. The Morgan fingerprint density at radius 2 is 1.48 bits per heavy atom. The van der Waals surface area contributed by atoms with Crippen molar-refractivity contribution in [3.8, 4) is 12.3 Å². The van der Waals surface area contributed by atoms with Gasteiger partial charge in [0.1, 0.15) is 0 Å². The van der Waals surface area contributed by atoms with Gasteiger partial charge in [-0.15, -0.1) is 6.42 Å². The molecule has 228 valence electrons. The molecule has 0 spiro atoms. The maximum absolute atomic E-state index is 14.5. The molecule has 4 rings (SSSR count). The number of hydrogen-bond donors (Lipinski definition) is 2. The Hall–Kier alpha value is -4.75. The minimum Gasteiger partial charge on any atom is -0.481 e. The number of carbonyl (C=O) groups is 3. The van der Waals surface area contributed by atoms with Crippen LogP contribution < -0.4 is 9.88 Å². The number of unbranched alkanes of at least 4 members (excludes halogenated alkanes) is 2. The number of aliphatic carboxylic acids is 1. The molecule has 0 aliphatic heterocycles. The number of fused-ring (bicyclic) bond motifs is 2. The highest BCUT2D eigenvalue weighted by molar-refractivity contribution is 7.89. The molecule has 0 saturated carbocycles. The van der Waals surface area contributed by atoms with E-state index in [2.05, 4.69) is 11.2 Å². The third-order valence-corrected chi connectivity index (χ3v) is 9.18. The van der Waals surface area contributed by atoms with Gasteiger partial charge in [0.2, 0.25) is 23.5 Å². The summed E-state index contributed by atoms with van der Waals surface area (Å²) in [5, 5.41) is 12.7. The molecule has 0 fully saturated rings. The van der Waals surface area contributed by atoms with Crippen molar-refractivity contribution in [2.45, 2.75) is 56.9 Å². The van der Waals surface area contributed by atoms with Crippen molar-refractivity contribution >= 4 is 49.6 Å². The van der Waals surface area contributed by atoms with Gasteiger partial charge in [-0.1, -0.05) is 48.4 Å². The van der Waals surface area contributed by atoms with Crippen LogP contribution in [-0.4, -0.2) is 48.7 Å². The SMILES string of the molecule is C#CC[n+]1c2ccccc2c(C(=O)N(CCCC(=O)NCCCCCC(=O)O)S(=O)(=O)c2ccc(C)cc2)c2ccccc21. The number of terminal acetylenes is 1. The number of pyridine rings is 1. The lowest BCUT2D eigenvalue weighted by Gasteiger charge is -2.24. The van der Waals surface area contributed by atoms with E-state index < -0.39 is 21.9 Å². The van der Waals surface area contributed by atoms with Gasteiger partial charge in [-0.25, -0.2) is 12.7 Å². The van der Waals surface area contributed by atoms with Crippen molar-refractivity contribution in [1.29, 1.82) is 0 Å². The molecule has 0 saturated heterocycles. The van der Waals surface area contributed by atoms with E-state index in [-0.39, 0.29) is 48.7 Å². The zero-order valence-electron chi connectivity index (χ0n) is 24.7. The molecule has 0 atom stereocenters. The molecular formula is C34H36N3O6S+. The summed E-state index contributed by atoms with van der Waals surface area (Å²) < 4.78 is 30.8. The molecule has 0 aliphatic carbocycles. The zero-order valence-corrected chi connectivity index (χ0v) is 25.5. The Morgan fingerprint density at radius 3 is 2.07 bits per heavy atom. The molecule has 4 aromatic rings. The second-order valence-electron chi connectivity index (χ2n) is 10.6. The number of sulfonamides is 1. The summed E-state index contributed by atoms with van der Waals surface area (Å²) in [6, 6.07) is 20.8. The molecule has 44 heavy (non-hydrogen) atoms. The first-order chi connectivity index (χ1) is 21.1. The van der Waals surface area contributed by atoms with E-state index in [1.165, 1.54) is 12.1 Å². The topological polar surface area (TPSA) is 125 Å². The average Bonchev–Trinajstić information content (AvgIpc) is 3.00. The van der Waals surface area contributed by atoms with E-state index in [1.807, 2.05) is 35.8 Å². The Labute approximate surface area is 257 Å². The van der Waals surface area contributed by atoms with E-state index in [9.17, 15) is 22.8 Å². The van der Waals surface area contributed by atoms with E-state index in [4.69, 9.17) is 11.5 Å². The van der Waals surface area contributed by atoms with Crippen LogP contribution in [0.4, 0.5) is 0 Å². The first-order valence-corrected chi connectivity index (χ1v) is 16.0. The third kappa shape index (κ3) is 7.41. The first-order valence-electron chi connectivity index (χ1n) is 14.5. The Balaban J connectivity index is 1.66. The number of carboxylic acids is 1. The molecule has 0 radical (unpaired) electrons. The summed E-state index contributed by atoms with van der Waals surface area (Å²) in [6.07, 6.45) is 7.74. The van der Waals surface area contributed by atoms with Gasteiger partial charge in [-0.05, 0) is 56.4 Å². The minimum atomic E-state index is -4.29. The molecular weight excluding hydrogens is 578 g/mol. The molecule has 10 heteroatoms. The van der Waals surface area contributed by atoms with Crippen molar-refractivity contribution in [2.24, 2.45) is 0 Å². The Bertz CT molecular complexity index is 1770. The van der Waals surface area contributed by atoms with Crippen LogP contribution in [0.15, 0.2) is 77.7 Å². The van der Waals surface area contributed by atoms with Crippen molar-refractivity contribution in [3.05, 3.63) is 83.9 Å². The average molecular weight is 615 g/mol. The van der Waals surface area contributed by atoms with Gasteiger partial charge >= 0.3 is 5.97 Å². The minimum absolute atomic E-state index is 0.0147. The fourth-order valence-electron chi connectivity index (χ4n) is 5.18. The number of carbonyl (C=O) groups excluding carboxylic acids is 2. The second-order valence-corrected chi connectivity index (χ2v) is 12.4. The second kappa shape index (κ2) is 14.6. The normalized spacial score (nSPS) is 11.3. The predicted octanol–water partition coefficient (Wildman–Crippen LogP) is 4.59. The number of aromatic nitrogens is 1. The number of aryl methyl sites for hydroxylation is 1. The van der Waals surface area contributed by atoms with Gasteiger partial charge in [-0.2, -0.15) is 4.57 Å². The number of amides is 2. The predicted molar refractivity (Wildman–Crippen MR) is 168 cm³/mol. The number of nitrogens with one attached hydrogen (secondary N) is 1. The molecule has 0 unspecified atom stereocenters. The number of carboxylic acid groups (broad SMARTS) is 1. The van der Waals surface area contributed by atoms with Crippen molar-refractivity contribution in [3.63, 3.8) is 0 Å². The standard InChI is InChI=1S/C34H35N3O6S/c1-3-23-36-29-14-8-6-12-27(29)33(28-13-7-9-15-30(28)36)34(41)37(44(42,43)26-20-18-25(2)19-21-26)24-11-16-31(38)35-22-10-4-5-17-32(39)40/h1,6-9,12-15,18-21H,4-5,10-11,16-17,22-24H2,2H3,(H-,35,38,39,40)/p+1. The van der Waals surface area contributed by atoms with Crippen molar-refractivity contribution in [2.75, 3.05) is 13.1 Å². The maximum atomic E-state index is 14.5. The molecule has 9 nitrogen and oxygen atoms in total. The van der Waals surface area contributed by atoms with Crippen LogP contribution in [-0.2, 0) is 26.2 Å². The highest BCUT2D eigenvalue weighted by Crippen LogP contribution is 2.29. The van der Waals surface area contributed by atoms with Crippen LogP contribution in [0, 0.1) is 19.3 Å². The lowest BCUT2D eigenvalue weighted by Crippen LogP contribution is -2.40. The molecule has 1 aromatic heterocycles. The van der Waals surface area contributed by atoms with Crippen molar-refractivity contribution < 1.29 is 32.5 Å². The fourth-order valence-corrected chi connectivity index (χ4v) is 6.59. The van der Waals surface area contributed by atoms with E-state index in [0.29, 0.717) is 47.6 Å². The van der Waals surface area contributed by atoms with Gasteiger partial charge in [0, 0.05) is 38.1 Å². The van der Waals surface area contributed by atoms with Crippen LogP contribution in [0.2, 0.25) is 0 Å². The summed E-state index contributed by atoms with van der Waals surface area (Å²) in [4.78, 5) is 37.6. The van der Waals surface area contributed by atoms with Crippen LogP contribution >= 0.6 is 0 Å². The Kier molecular flexibility index (Phi) is 10.7. The summed E-state index contributed by atoms with van der Waals surface area (Å²) in [7, 11) is -4.29. The molecule has 2 N–H and O–H groups in total. The smallest absolute Gasteiger partial charge is 0.303 e. The monoisotopic (exact) mass is 614 g/mol. The quantitative estimate of drug-likeness (QED) is 0.0927. The van der Waals surface area contributed by atoms with Crippen LogP contribution in [0.3, 0.4) is 0 Å². The summed E-state index contributed by atoms with van der Waals surface area (Å²) >= 11 is 0. The lowest BCUT2D eigenvalue weighted by atomic mass is 10.0. The van der Waals surface area contributed by atoms with Gasteiger partial charge in [0.25, 0.3) is 15.9 Å². The van der Waals surface area contributed by atoms with Crippen LogP contribution in [0.5, 0.6) is 0 Å². The maximum Gasteiger partial charge on any atom is 0.303 e. The Morgan fingerprint density at radius 1 is 0.864 bits per heavy atom. The highest BCUT2D eigenvalue weighted by Gasteiger charge is 2.34. The molecule has 2 amide bonds. The third-order valence-electron chi connectivity index (χ3n) is 7.38. The van der Waals surface area contributed by atoms with Gasteiger partial charge in [0.15, 0.2) is 0 Å². The van der Waals surface area contributed by atoms with Gasteiger partial charge in [0.05, 0.1) is 21.2 Å². The van der Waals surface area contributed by atoms with Gasteiger partial charge < -0.3 is 10.4 Å². The lowest BCUT2D eigenvalue weighted by molar-refractivity contribution is -0.632. The van der Waals surface area contributed by atoms with E-state index >= 15 is 0 Å². The van der Waals surface area contributed by atoms with Crippen molar-refractivity contribution in [1.82, 2.24) is 9.62 Å². The number of nitrogens with zero attached hydrogens (tertiary/aromatic N) is 2. The largest absolute Gasteiger partial charge is 0.481 e. The van der Waals surface area contributed by atoms with Gasteiger partial charge in [-0.3, -0.25) is 14.4 Å². The number of rotatable bonds is 14. The molecule has 0 bridgehead atoms. The summed E-state index contributed by atoms with van der Waals surface area (Å²) in [5.74, 6) is 0.858. The number of hydrogen-bond acceptors (Lipinski definition) is 5. The van der Waals surface area contributed by atoms with E-state index in [1.54, 1.807) is 36.4 Å². The molecule has 3 aromatic carbocycles. The molecule has 0 aliphatic rings. The number of benzene rings is 3. The van der Waals surface area contributed by atoms with Crippen LogP contribution in [0.1, 0.15) is 54.4 Å². The highest BCUT2D eigenvalue weighted by atomic mass is 32.2. The fraction of sp³-hybridized carbons (Fsp3) is 0.294. The first kappa shape index (κ1) is 32.2. The summed E-state index contributed by atoms with van der Waals surface area (Å²) in [6.45, 7) is 2.29. The van der Waals surface area contributed by atoms with Crippen LogP contribution in [0.25, 0.3) is 21.8 Å². The summed E-state index contributed by atoms with van der Waals surface area (Å²) in [5.41, 5.74) is 2.51. The number of para-hydroxylation sites is 2. The zero-order chi connectivity index (χ0) is 31.7. The van der Waals surface area contributed by atoms with E-state index in [0.717, 1.165) is 9.87 Å².